The smallest absolute Gasteiger partial charge is 0.255 e. The van der Waals surface area contributed by atoms with E-state index in [9.17, 15) is 19.2 Å². The second-order valence-electron chi connectivity index (χ2n) is 12.1. The Hall–Kier alpha value is -5.06. The highest BCUT2D eigenvalue weighted by Crippen LogP contribution is 2.28. The number of ether oxygens (including phenoxy) is 3. The molecule has 3 aromatic rings. The number of benzene rings is 3. The molecule has 0 saturated heterocycles. The SMILES string of the molecule is COc1ccc(CCCNC(=O)[C@@H]2CCC(=O)N[C@@H](Cc3ccccc3)C(=O)N[C@H](C(C)C)COc3ccccc3C(=O)N2)cc1OC. The van der Waals surface area contributed by atoms with Crippen LogP contribution >= 0.6 is 0 Å². The summed E-state index contributed by atoms with van der Waals surface area (Å²) in [5, 5.41) is 11.6. The van der Waals surface area contributed by atoms with E-state index in [1.165, 1.54) is 0 Å². The molecule has 0 unspecified atom stereocenters. The molecular weight excluding hydrogens is 612 g/mol. The third-order valence-corrected chi connectivity index (χ3v) is 8.29. The van der Waals surface area contributed by atoms with Gasteiger partial charge in [-0.05, 0) is 60.6 Å². The van der Waals surface area contributed by atoms with Gasteiger partial charge in [-0.2, -0.15) is 0 Å². The maximum Gasteiger partial charge on any atom is 0.255 e. The Morgan fingerprint density at radius 1 is 0.896 bits per heavy atom. The van der Waals surface area contributed by atoms with Gasteiger partial charge in [0, 0.05) is 19.4 Å². The molecule has 3 aromatic carbocycles. The molecule has 11 heteroatoms. The number of carbonyl (C=O) groups excluding carboxylic acids is 4. The van der Waals surface area contributed by atoms with Crippen LogP contribution in [0.25, 0.3) is 0 Å². The highest BCUT2D eigenvalue weighted by molar-refractivity contribution is 5.99. The lowest BCUT2D eigenvalue weighted by molar-refractivity contribution is -0.130. The van der Waals surface area contributed by atoms with Gasteiger partial charge in [-0.3, -0.25) is 19.2 Å². The van der Waals surface area contributed by atoms with Gasteiger partial charge in [-0.1, -0.05) is 62.4 Å². The van der Waals surface area contributed by atoms with Crippen LogP contribution in [0.1, 0.15) is 54.6 Å². The monoisotopic (exact) mass is 658 g/mol. The maximum atomic E-state index is 13.6. The molecule has 0 saturated carbocycles. The van der Waals surface area contributed by atoms with Crippen molar-refractivity contribution in [2.75, 3.05) is 27.4 Å². The van der Waals surface area contributed by atoms with E-state index >= 15 is 0 Å². The minimum atomic E-state index is -1.01. The van der Waals surface area contributed by atoms with Crippen LogP contribution in [0.4, 0.5) is 0 Å². The van der Waals surface area contributed by atoms with Crippen LogP contribution < -0.4 is 35.5 Å². The van der Waals surface area contributed by atoms with Crippen LogP contribution in [0, 0.1) is 5.92 Å². The lowest BCUT2D eigenvalue weighted by Gasteiger charge is -2.26. The summed E-state index contributed by atoms with van der Waals surface area (Å²) in [6, 6.07) is 19.6. The summed E-state index contributed by atoms with van der Waals surface area (Å²) in [7, 11) is 3.16. The fourth-order valence-electron chi connectivity index (χ4n) is 5.41. The van der Waals surface area contributed by atoms with Crippen molar-refractivity contribution in [2.24, 2.45) is 5.92 Å². The maximum absolute atomic E-state index is 13.6. The summed E-state index contributed by atoms with van der Waals surface area (Å²) in [5.74, 6) is -0.0641. The van der Waals surface area contributed by atoms with Gasteiger partial charge in [0.05, 0.1) is 25.8 Å². The molecule has 256 valence electrons. The normalized spacial score (nSPS) is 18.9. The quantitative estimate of drug-likeness (QED) is 0.244. The van der Waals surface area contributed by atoms with Gasteiger partial charge >= 0.3 is 0 Å². The Kier molecular flexibility index (Phi) is 13.2. The average Bonchev–Trinajstić information content (AvgIpc) is 3.09. The van der Waals surface area contributed by atoms with Crippen molar-refractivity contribution in [2.45, 2.75) is 64.1 Å². The Balaban J connectivity index is 1.51. The predicted molar refractivity (Wildman–Crippen MR) is 182 cm³/mol. The lowest BCUT2D eigenvalue weighted by Crippen LogP contribution is -2.53. The molecule has 0 aromatic heterocycles. The number of nitrogens with one attached hydrogen (secondary N) is 4. The minimum absolute atomic E-state index is 0.00137. The van der Waals surface area contributed by atoms with Crippen molar-refractivity contribution < 1.29 is 33.4 Å². The molecule has 0 aliphatic carbocycles. The number of hydrogen-bond donors (Lipinski definition) is 4. The zero-order valence-corrected chi connectivity index (χ0v) is 28.0. The predicted octanol–water partition coefficient (Wildman–Crippen LogP) is 3.59. The largest absolute Gasteiger partial charge is 0.493 e. The van der Waals surface area contributed by atoms with Crippen LogP contribution in [0.2, 0.25) is 0 Å². The fourth-order valence-corrected chi connectivity index (χ4v) is 5.41. The highest BCUT2D eigenvalue weighted by atomic mass is 16.5. The van der Waals surface area contributed by atoms with Gasteiger partial charge in [0.15, 0.2) is 11.5 Å². The van der Waals surface area contributed by atoms with Crippen LogP contribution in [0.5, 0.6) is 17.2 Å². The van der Waals surface area contributed by atoms with E-state index in [0.717, 1.165) is 11.1 Å². The number of aryl methyl sites for hydroxylation is 1. The zero-order valence-electron chi connectivity index (χ0n) is 28.0. The van der Waals surface area contributed by atoms with Gasteiger partial charge in [0.25, 0.3) is 5.91 Å². The van der Waals surface area contributed by atoms with Crippen molar-refractivity contribution in [3.63, 3.8) is 0 Å². The first-order valence-electron chi connectivity index (χ1n) is 16.3. The van der Waals surface area contributed by atoms with Gasteiger partial charge < -0.3 is 35.5 Å². The van der Waals surface area contributed by atoms with Crippen molar-refractivity contribution >= 4 is 23.6 Å². The summed E-state index contributed by atoms with van der Waals surface area (Å²) in [5.41, 5.74) is 2.16. The molecule has 1 heterocycles. The van der Waals surface area contributed by atoms with Crippen LogP contribution in [-0.2, 0) is 27.2 Å². The Bertz CT molecular complexity index is 1550. The lowest BCUT2D eigenvalue weighted by atomic mass is 10.0. The molecule has 0 fully saturated rings. The van der Waals surface area contributed by atoms with E-state index in [0.29, 0.717) is 36.6 Å². The highest BCUT2D eigenvalue weighted by Gasteiger charge is 2.29. The fraction of sp³-hybridized carbons (Fsp3) is 0.405. The van der Waals surface area contributed by atoms with Gasteiger partial charge in [0.1, 0.15) is 24.4 Å². The van der Waals surface area contributed by atoms with Gasteiger partial charge in [-0.15, -0.1) is 0 Å². The Morgan fingerprint density at radius 3 is 2.35 bits per heavy atom. The van der Waals surface area contributed by atoms with Crippen LogP contribution in [0.15, 0.2) is 72.8 Å². The van der Waals surface area contributed by atoms with Gasteiger partial charge in [-0.25, -0.2) is 0 Å². The Labute approximate surface area is 282 Å². The van der Waals surface area contributed by atoms with E-state index in [2.05, 4.69) is 21.3 Å². The zero-order chi connectivity index (χ0) is 34.5. The van der Waals surface area contributed by atoms with Crippen LogP contribution in [0.3, 0.4) is 0 Å². The number of amides is 4. The minimum Gasteiger partial charge on any atom is -0.493 e. The molecule has 3 atom stereocenters. The molecule has 0 radical (unpaired) electrons. The summed E-state index contributed by atoms with van der Waals surface area (Å²) in [6.07, 6.45) is 1.53. The molecule has 4 amide bonds. The molecule has 48 heavy (non-hydrogen) atoms. The number of para-hydroxylation sites is 1. The second kappa shape index (κ2) is 17.7. The molecule has 1 aliphatic rings. The molecule has 11 nitrogen and oxygen atoms in total. The van der Waals surface area contributed by atoms with E-state index in [1.807, 2.05) is 62.4 Å². The van der Waals surface area contributed by atoms with Gasteiger partial charge in [0.2, 0.25) is 17.7 Å². The Morgan fingerprint density at radius 2 is 1.62 bits per heavy atom. The third kappa shape index (κ3) is 10.2. The molecule has 0 bridgehead atoms. The van der Waals surface area contributed by atoms with Crippen molar-refractivity contribution in [1.29, 1.82) is 0 Å². The number of rotatable bonds is 10. The molecular formula is C37H46N4O7. The number of fused-ring (bicyclic) bond motifs is 1. The van der Waals surface area contributed by atoms with E-state index in [4.69, 9.17) is 14.2 Å². The number of methoxy groups -OCH3 is 2. The molecule has 4 rings (SSSR count). The van der Waals surface area contributed by atoms with Crippen molar-refractivity contribution in [3.05, 3.63) is 89.5 Å². The molecule has 0 spiro atoms. The van der Waals surface area contributed by atoms with E-state index < -0.39 is 35.8 Å². The summed E-state index contributed by atoms with van der Waals surface area (Å²) in [6.45, 7) is 4.37. The van der Waals surface area contributed by atoms with Crippen molar-refractivity contribution in [1.82, 2.24) is 21.3 Å². The number of carbonyl (C=O) groups is 4. The average molecular weight is 659 g/mol. The first-order chi connectivity index (χ1) is 23.2. The summed E-state index contributed by atoms with van der Waals surface area (Å²) in [4.78, 5) is 53.8. The van der Waals surface area contributed by atoms with E-state index in [-0.39, 0.29) is 43.3 Å². The van der Waals surface area contributed by atoms with E-state index in [1.54, 1.807) is 38.5 Å². The van der Waals surface area contributed by atoms with Crippen molar-refractivity contribution in [3.8, 4) is 17.2 Å². The summed E-state index contributed by atoms with van der Waals surface area (Å²) < 4.78 is 16.8. The second-order valence-corrected chi connectivity index (χ2v) is 12.1. The number of hydrogen-bond acceptors (Lipinski definition) is 7. The molecule has 1 aliphatic heterocycles. The first kappa shape index (κ1) is 35.8. The summed E-state index contributed by atoms with van der Waals surface area (Å²) >= 11 is 0. The standard InChI is InChI=1S/C37H46N4O7/c1-24(2)30-23-48-31-15-9-8-14-27(31)35(43)40-28(36(44)38-20-10-13-26-16-18-32(46-3)33(22-26)47-4)17-19-34(42)39-29(37(45)41-30)21-25-11-6-5-7-12-25/h5-9,11-12,14-16,18,22,24,28-30H,10,13,17,19-21,23H2,1-4H3,(H,38,44)(H,39,42)(H,40,43)(H,41,45)/t28-,29-,30-/m0/s1. The molecule has 4 N–H and O–H groups in total. The third-order valence-electron chi connectivity index (χ3n) is 8.29. The topological polar surface area (TPSA) is 144 Å². The van der Waals surface area contributed by atoms with Crippen LogP contribution in [-0.4, -0.2) is 69.1 Å². The first-order valence-corrected chi connectivity index (χ1v) is 16.3.